The lowest BCUT2D eigenvalue weighted by molar-refractivity contribution is 0.543. The van der Waals surface area contributed by atoms with E-state index in [0.29, 0.717) is 5.82 Å². The molecular formula is C31H31N3. The molecule has 0 spiro atoms. The summed E-state index contributed by atoms with van der Waals surface area (Å²) in [5, 5.41) is 0. The molecule has 1 aromatic heterocycles. The topological polar surface area (TPSA) is 38.7 Å². The van der Waals surface area contributed by atoms with Crippen molar-refractivity contribution in [2.45, 2.75) is 51.9 Å². The van der Waals surface area contributed by atoms with Gasteiger partial charge in [0, 0.05) is 16.5 Å². The van der Waals surface area contributed by atoms with Gasteiger partial charge in [-0.15, -0.1) is 0 Å². The molecule has 0 aliphatic heterocycles. The summed E-state index contributed by atoms with van der Waals surface area (Å²) in [5.41, 5.74) is 6.89. The molecule has 0 amide bonds. The van der Waals surface area contributed by atoms with Gasteiger partial charge in [-0.3, -0.25) is 0 Å². The third-order valence-electron chi connectivity index (χ3n) is 6.36. The lowest BCUT2D eigenvalue weighted by atomic mass is 9.93. The highest BCUT2D eigenvalue weighted by Gasteiger charge is 2.22. The van der Waals surface area contributed by atoms with Gasteiger partial charge in [0.25, 0.3) is 0 Å². The Kier molecular flexibility index (Phi) is 6.10. The first-order valence-electron chi connectivity index (χ1n) is 12.2. The van der Waals surface area contributed by atoms with Crippen molar-refractivity contribution in [1.82, 2.24) is 15.0 Å². The summed E-state index contributed by atoms with van der Waals surface area (Å²) >= 11 is 0. The van der Waals surface area contributed by atoms with Crippen LogP contribution in [-0.2, 0) is 5.41 Å². The van der Waals surface area contributed by atoms with Crippen LogP contribution in [0.4, 0.5) is 0 Å². The van der Waals surface area contributed by atoms with E-state index in [1.807, 2.05) is 6.07 Å². The number of hydrogen-bond acceptors (Lipinski definition) is 3. The third-order valence-corrected chi connectivity index (χ3v) is 6.36. The molecule has 1 aliphatic carbocycles. The first-order chi connectivity index (χ1) is 16.5. The molecule has 0 fully saturated rings. The molecule has 3 heteroatoms. The molecule has 0 saturated heterocycles. The zero-order valence-electron chi connectivity index (χ0n) is 20.3. The van der Waals surface area contributed by atoms with Crippen molar-refractivity contribution < 1.29 is 0 Å². The van der Waals surface area contributed by atoms with Crippen molar-refractivity contribution >= 4 is 5.57 Å². The Labute approximate surface area is 202 Å². The van der Waals surface area contributed by atoms with Crippen molar-refractivity contribution in [3.63, 3.8) is 0 Å². The second-order valence-electron chi connectivity index (χ2n) is 10.0. The highest BCUT2D eigenvalue weighted by atomic mass is 15.0. The summed E-state index contributed by atoms with van der Waals surface area (Å²) in [5.74, 6) is 2.24. The SMILES string of the molecule is CC(C)(C)c1nc(-c2ccc(C3=CCCCC3)cc2)nc(-c2ccccc2-c2ccccc2)n1. The van der Waals surface area contributed by atoms with Gasteiger partial charge in [-0.2, -0.15) is 0 Å². The average Bonchev–Trinajstić information content (AvgIpc) is 2.89. The van der Waals surface area contributed by atoms with Crippen molar-refractivity contribution in [2.24, 2.45) is 0 Å². The molecule has 0 bridgehead atoms. The Morgan fingerprint density at radius 2 is 1.24 bits per heavy atom. The van der Waals surface area contributed by atoms with E-state index >= 15 is 0 Å². The van der Waals surface area contributed by atoms with Gasteiger partial charge in [-0.05, 0) is 47.9 Å². The van der Waals surface area contributed by atoms with E-state index in [4.69, 9.17) is 15.0 Å². The van der Waals surface area contributed by atoms with Crippen molar-refractivity contribution in [1.29, 1.82) is 0 Å². The Hall–Kier alpha value is -3.59. The van der Waals surface area contributed by atoms with Gasteiger partial charge in [0.2, 0.25) is 0 Å². The largest absolute Gasteiger partial charge is 0.212 e. The van der Waals surface area contributed by atoms with Crippen molar-refractivity contribution in [3.8, 4) is 33.9 Å². The highest BCUT2D eigenvalue weighted by molar-refractivity contribution is 5.81. The van der Waals surface area contributed by atoms with Gasteiger partial charge in [0.1, 0.15) is 5.82 Å². The summed E-state index contributed by atoms with van der Waals surface area (Å²) in [4.78, 5) is 14.8. The molecule has 0 atom stereocenters. The molecule has 5 rings (SSSR count). The van der Waals surface area contributed by atoms with Crippen LogP contribution in [0.2, 0.25) is 0 Å². The first-order valence-corrected chi connectivity index (χ1v) is 12.2. The number of aromatic nitrogens is 3. The van der Waals surface area contributed by atoms with E-state index in [1.165, 1.54) is 36.8 Å². The van der Waals surface area contributed by atoms with Crippen LogP contribution in [-0.4, -0.2) is 15.0 Å². The number of rotatable bonds is 4. The predicted octanol–water partition coefficient (Wildman–Crippen LogP) is 8.13. The van der Waals surface area contributed by atoms with Crippen LogP contribution in [0.25, 0.3) is 39.5 Å². The average molecular weight is 446 g/mol. The molecule has 1 aliphatic rings. The van der Waals surface area contributed by atoms with Crippen molar-refractivity contribution in [2.75, 3.05) is 0 Å². The van der Waals surface area contributed by atoms with Gasteiger partial charge >= 0.3 is 0 Å². The van der Waals surface area contributed by atoms with E-state index in [-0.39, 0.29) is 5.41 Å². The fourth-order valence-electron chi connectivity index (χ4n) is 4.44. The van der Waals surface area contributed by atoms with E-state index in [0.717, 1.165) is 33.9 Å². The summed E-state index contributed by atoms with van der Waals surface area (Å²) in [7, 11) is 0. The monoisotopic (exact) mass is 445 g/mol. The zero-order valence-corrected chi connectivity index (χ0v) is 20.3. The zero-order chi connectivity index (χ0) is 23.5. The smallest absolute Gasteiger partial charge is 0.164 e. The van der Waals surface area contributed by atoms with Gasteiger partial charge in [0.05, 0.1) is 0 Å². The number of hydrogen-bond donors (Lipinski definition) is 0. The third kappa shape index (κ3) is 4.70. The van der Waals surface area contributed by atoms with Crippen LogP contribution in [0.3, 0.4) is 0 Å². The Morgan fingerprint density at radius 1 is 0.588 bits per heavy atom. The molecule has 4 aromatic rings. The van der Waals surface area contributed by atoms with Gasteiger partial charge in [0.15, 0.2) is 11.6 Å². The molecule has 3 aromatic carbocycles. The molecule has 1 heterocycles. The molecule has 0 N–H and O–H groups in total. The summed E-state index contributed by atoms with van der Waals surface area (Å²) in [6.07, 6.45) is 7.32. The lowest BCUT2D eigenvalue weighted by Gasteiger charge is -2.19. The van der Waals surface area contributed by atoms with E-state index in [9.17, 15) is 0 Å². The Morgan fingerprint density at radius 3 is 1.91 bits per heavy atom. The maximum absolute atomic E-state index is 4.98. The molecule has 0 radical (unpaired) electrons. The van der Waals surface area contributed by atoms with Crippen LogP contribution in [0.1, 0.15) is 57.8 Å². The maximum atomic E-state index is 4.98. The maximum Gasteiger partial charge on any atom is 0.164 e. The van der Waals surface area contributed by atoms with E-state index in [2.05, 4.69) is 99.6 Å². The molecular weight excluding hydrogens is 414 g/mol. The lowest BCUT2D eigenvalue weighted by Crippen LogP contribution is -2.18. The fraction of sp³-hybridized carbons (Fsp3) is 0.258. The summed E-state index contributed by atoms with van der Waals surface area (Å²) in [6.45, 7) is 6.45. The van der Waals surface area contributed by atoms with Gasteiger partial charge in [-0.1, -0.05) is 106 Å². The molecule has 170 valence electrons. The quantitative estimate of drug-likeness (QED) is 0.318. The standard InChI is InChI=1S/C31H31N3/c1-31(2,3)30-33-28(25-20-18-23(19-21-25)22-12-6-4-7-13-22)32-29(34-30)27-17-11-10-16-26(27)24-14-8-5-9-15-24/h5,8-12,14-21H,4,6-7,13H2,1-3H3. The normalized spacial score (nSPS) is 14.0. The van der Waals surface area contributed by atoms with Gasteiger partial charge < -0.3 is 0 Å². The van der Waals surface area contributed by atoms with Crippen LogP contribution in [0.15, 0.2) is 84.9 Å². The van der Waals surface area contributed by atoms with Crippen LogP contribution >= 0.6 is 0 Å². The number of allylic oxidation sites excluding steroid dienone is 2. The number of benzene rings is 3. The van der Waals surface area contributed by atoms with E-state index in [1.54, 1.807) is 0 Å². The summed E-state index contributed by atoms with van der Waals surface area (Å²) in [6, 6.07) is 27.5. The van der Waals surface area contributed by atoms with Gasteiger partial charge in [-0.25, -0.2) is 15.0 Å². The highest BCUT2D eigenvalue weighted by Crippen LogP contribution is 2.33. The predicted molar refractivity (Wildman–Crippen MR) is 141 cm³/mol. The molecule has 0 saturated carbocycles. The van der Waals surface area contributed by atoms with Crippen molar-refractivity contribution in [3.05, 3.63) is 96.3 Å². The minimum Gasteiger partial charge on any atom is -0.212 e. The summed E-state index contributed by atoms with van der Waals surface area (Å²) < 4.78 is 0. The minimum atomic E-state index is -0.193. The minimum absolute atomic E-state index is 0.193. The first kappa shape index (κ1) is 22.2. The molecule has 34 heavy (non-hydrogen) atoms. The van der Waals surface area contributed by atoms with E-state index < -0.39 is 0 Å². The Balaban J connectivity index is 1.61. The second-order valence-corrected chi connectivity index (χ2v) is 10.0. The van der Waals surface area contributed by atoms with Crippen LogP contribution in [0.5, 0.6) is 0 Å². The number of nitrogens with zero attached hydrogens (tertiary/aromatic N) is 3. The Bertz CT molecular complexity index is 1310. The molecule has 0 unspecified atom stereocenters. The van der Waals surface area contributed by atoms with Crippen LogP contribution in [0, 0.1) is 0 Å². The van der Waals surface area contributed by atoms with Crippen LogP contribution < -0.4 is 0 Å². The molecule has 3 nitrogen and oxygen atoms in total. The fourth-order valence-corrected chi connectivity index (χ4v) is 4.44. The second kappa shape index (κ2) is 9.34.